The van der Waals surface area contributed by atoms with Crippen molar-refractivity contribution in [1.29, 1.82) is 0 Å². The minimum atomic E-state index is -0.0597. The Morgan fingerprint density at radius 1 is 1.21 bits per heavy atom. The molecule has 3 heterocycles. The molecule has 0 bridgehead atoms. The molecule has 0 fully saturated rings. The monoisotopic (exact) mass is 356 g/mol. The average Bonchev–Trinajstić information content (AvgIpc) is 3.28. The number of hydrogen-bond donors (Lipinski definition) is 0. The van der Waals surface area contributed by atoms with Crippen LogP contribution in [0.15, 0.2) is 56.3 Å². The van der Waals surface area contributed by atoms with Crippen molar-refractivity contribution in [2.75, 3.05) is 0 Å². The lowest BCUT2D eigenvalue weighted by Crippen LogP contribution is -2.19. The molecule has 0 radical (unpaired) electrons. The predicted octanol–water partition coefficient (Wildman–Crippen LogP) is 3.34. The van der Waals surface area contributed by atoms with E-state index in [2.05, 4.69) is 15.1 Å². The normalized spacial score (nSPS) is 11.2. The number of rotatable bonds is 4. The minimum absolute atomic E-state index is 0.0597. The van der Waals surface area contributed by atoms with Crippen molar-refractivity contribution in [2.24, 2.45) is 7.05 Å². The molecule has 1 aromatic carbocycles. The van der Waals surface area contributed by atoms with Crippen molar-refractivity contribution in [1.82, 2.24) is 19.7 Å². The molecule has 0 aliphatic rings. The molecule has 24 heavy (non-hydrogen) atoms. The van der Waals surface area contributed by atoms with E-state index in [1.54, 1.807) is 29.0 Å². The number of fused-ring (bicyclic) bond motifs is 1. The molecule has 0 N–H and O–H groups in total. The first kappa shape index (κ1) is 15.1. The Morgan fingerprint density at radius 3 is 2.92 bits per heavy atom. The van der Waals surface area contributed by atoms with Gasteiger partial charge < -0.3 is 4.52 Å². The molecule has 0 amide bonds. The summed E-state index contributed by atoms with van der Waals surface area (Å²) in [5, 5.41) is 7.19. The third-order valence-corrected chi connectivity index (χ3v) is 5.36. The van der Waals surface area contributed by atoms with Crippen LogP contribution in [0.1, 0.15) is 5.82 Å². The largest absolute Gasteiger partial charge is 0.333 e. The van der Waals surface area contributed by atoms with E-state index in [0.717, 1.165) is 4.88 Å². The van der Waals surface area contributed by atoms with Crippen LogP contribution in [0.4, 0.5) is 0 Å². The van der Waals surface area contributed by atoms with Crippen LogP contribution in [0.25, 0.3) is 21.7 Å². The topological polar surface area (TPSA) is 73.8 Å². The smallest absolute Gasteiger partial charge is 0.268 e. The summed E-state index contributed by atoms with van der Waals surface area (Å²) < 4.78 is 6.82. The second-order valence-electron chi connectivity index (χ2n) is 5.06. The van der Waals surface area contributed by atoms with E-state index in [0.29, 0.717) is 33.5 Å². The Labute approximate surface area is 145 Å². The third kappa shape index (κ3) is 2.74. The van der Waals surface area contributed by atoms with Gasteiger partial charge in [-0.25, -0.2) is 4.98 Å². The van der Waals surface area contributed by atoms with Crippen molar-refractivity contribution in [2.45, 2.75) is 10.9 Å². The summed E-state index contributed by atoms with van der Waals surface area (Å²) in [6.07, 6.45) is 0. The van der Waals surface area contributed by atoms with Gasteiger partial charge in [0.05, 0.1) is 21.5 Å². The first-order valence-corrected chi connectivity index (χ1v) is 9.04. The highest BCUT2D eigenvalue weighted by atomic mass is 32.2. The summed E-state index contributed by atoms with van der Waals surface area (Å²) in [5.74, 6) is 1.57. The molecule has 0 spiro atoms. The van der Waals surface area contributed by atoms with E-state index < -0.39 is 0 Å². The van der Waals surface area contributed by atoms with Gasteiger partial charge in [-0.3, -0.25) is 9.36 Å². The number of nitrogens with zero attached hydrogens (tertiary/aromatic N) is 4. The number of thioether (sulfide) groups is 1. The Balaban J connectivity index is 1.59. The summed E-state index contributed by atoms with van der Waals surface area (Å²) in [7, 11) is 1.72. The fourth-order valence-electron chi connectivity index (χ4n) is 2.27. The fraction of sp³-hybridized carbons (Fsp3) is 0.125. The zero-order chi connectivity index (χ0) is 16.5. The standard InChI is InChI=1S/C16H12N4O2S2/c1-20-15(21)10-5-2-3-6-11(10)17-16(20)24-9-13-18-14(22-19-13)12-7-4-8-23-12/h2-8H,9H2,1H3. The van der Waals surface area contributed by atoms with Gasteiger partial charge in [0.25, 0.3) is 11.4 Å². The van der Waals surface area contributed by atoms with Crippen LogP contribution < -0.4 is 5.56 Å². The number of thiophene rings is 1. The number of hydrogen-bond acceptors (Lipinski definition) is 7. The average molecular weight is 356 g/mol. The maximum Gasteiger partial charge on any atom is 0.268 e. The van der Waals surface area contributed by atoms with Crippen molar-refractivity contribution >= 4 is 34.0 Å². The molecule has 4 rings (SSSR count). The lowest BCUT2D eigenvalue weighted by Gasteiger charge is -2.07. The first-order valence-electron chi connectivity index (χ1n) is 7.17. The predicted molar refractivity (Wildman–Crippen MR) is 94.2 cm³/mol. The summed E-state index contributed by atoms with van der Waals surface area (Å²) in [6.45, 7) is 0. The molecule has 4 aromatic rings. The van der Waals surface area contributed by atoms with Crippen LogP contribution in [-0.2, 0) is 12.8 Å². The van der Waals surface area contributed by atoms with Crippen molar-refractivity contribution in [3.63, 3.8) is 0 Å². The van der Waals surface area contributed by atoms with Gasteiger partial charge in [0, 0.05) is 7.05 Å². The molecule has 0 aliphatic heterocycles. The Morgan fingerprint density at radius 2 is 2.08 bits per heavy atom. The van der Waals surface area contributed by atoms with Gasteiger partial charge in [-0.15, -0.1) is 11.3 Å². The maximum absolute atomic E-state index is 12.4. The molecule has 120 valence electrons. The molecule has 0 unspecified atom stereocenters. The first-order chi connectivity index (χ1) is 11.7. The molecule has 6 nitrogen and oxygen atoms in total. The Bertz CT molecular complexity index is 1050. The van der Waals surface area contributed by atoms with Crippen molar-refractivity contribution in [3.05, 3.63) is 58.0 Å². The lowest BCUT2D eigenvalue weighted by atomic mass is 10.2. The number of aromatic nitrogens is 4. The van der Waals surface area contributed by atoms with Gasteiger partial charge in [0.1, 0.15) is 0 Å². The van der Waals surface area contributed by atoms with Crippen LogP contribution in [0.3, 0.4) is 0 Å². The van der Waals surface area contributed by atoms with E-state index in [-0.39, 0.29) is 5.56 Å². The van der Waals surface area contributed by atoms with Crippen molar-refractivity contribution in [3.8, 4) is 10.8 Å². The van der Waals surface area contributed by atoms with Gasteiger partial charge in [-0.2, -0.15) is 4.98 Å². The molecule has 0 saturated carbocycles. The quantitative estimate of drug-likeness (QED) is 0.412. The van der Waals surface area contributed by atoms with Gasteiger partial charge in [0.15, 0.2) is 11.0 Å². The second kappa shape index (κ2) is 6.21. The van der Waals surface area contributed by atoms with E-state index in [1.807, 2.05) is 35.7 Å². The van der Waals surface area contributed by atoms with Crippen LogP contribution in [-0.4, -0.2) is 19.7 Å². The highest BCUT2D eigenvalue weighted by molar-refractivity contribution is 7.98. The Kier molecular flexibility index (Phi) is 3.91. The number of para-hydroxylation sites is 1. The molecular formula is C16H12N4O2S2. The molecule has 3 aromatic heterocycles. The van der Waals surface area contributed by atoms with Gasteiger partial charge >= 0.3 is 0 Å². The SMILES string of the molecule is Cn1c(SCc2noc(-c3cccs3)n2)nc2ccccc2c1=O. The van der Waals surface area contributed by atoms with E-state index in [4.69, 9.17) is 4.52 Å². The van der Waals surface area contributed by atoms with E-state index in [9.17, 15) is 4.79 Å². The van der Waals surface area contributed by atoms with Crippen LogP contribution in [0, 0.1) is 0 Å². The maximum atomic E-state index is 12.4. The van der Waals surface area contributed by atoms with Crippen LogP contribution in [0.2, 0.25) is 0 Å². The molecule has 0 saturated heterocycles. The highest BCUT2D eigenvalue weighted by Crippen LogP contribution is 2.25. The van der Waals surface area contributed by atoms with E-state index >= 15 is 0 Å². The summed E-state index contributed by atoms with van der Waals surface area (Å²) in [4.78, 5) is 22.2. The summed E-state index contributed by atoms with van der Waals surface area (Å²) >= 11 is 2.96. The lowest BCUT2D eigenvalue weighted by molar-refractivity contribution is 0.426. The minimum Gasteiger partial charge on any atom is -0.333 e. The fourth-order valence-corrected chi connectivity index (χ4v) is 3.73. The molecule has 0 aliphatic carbocycles. The van der Waals surface area contributed by atoms with Gasteiger partial charge in [0.2, 0.25) is 0 Å². The molecule has 8 heteroatoms. The van der Waals surface area contributed by atoms with Crippen LogP contribution in [0.5, 0.6) is 0 Å². The summed E-state index contributed by atoms with van der Waals surface area (Å²) in [5.41, 5.74) is 0.631. The highest BCUT2D eigenvalue weighted by Gasteiger charge is 2.12. The molecular weight excluding hydrogens is 344 g/mol. The van der Waals surface area contributed by atoms with Gasteiger partial charge in [-0.05, 0) is 23.6 Å². The van der Waals surface area contributed by atoms with Crippen molar-refractivity contribution < 1.29 is 4.52 Å². The number of benzene rings is 1. The second-order valence-corrected chi connectivity index (χ2v) is 6.95. The summed E-state index contributed by atoms with van der Waals surface area (Å²) in [6, 6.07) is 11.2. The molecule has 0 atom stereocenters. The zero-order valence-electron chi connectivity index (χ0n) is 12.7. The zero-order valence-corrected chi connectivity index (χ0v) is 14.3. The van der Waals surface area contributed by atoms with Gasteiger partial charge in [-0.1, -0.05) is 35.1 Å². The van der Waals surface area contributed by atoms with Crippen LogP contribution >= 0.6 is 23.1 Å². The van der Waals surface area contributed by atoms with E-state index in [1.165, 1.54) is 11.8 Å². The third-order valence-electron chi connectivity index (χ3n) is 3.47. The Hall–Kier alpha value is -2.45.